The molecule has 1 saturated heterocycles. The number of rotatable bonds is 3. The van der Waals surface area contributed by atoms with E-state index in [2.05, 4.69) is 10.3 Å². The predicted molar refractivity (Wildman–Crippen MR) is 81.8 cm³/mol. The van der Waals surface area contributed by atoms with Crippen LogP contribution in [0.15, 0.2) is 48.7 Å². The standard InChI is InChI=1S/C17H14N4O2/c1-17(14-4-2-3-9-19-14)15(22)21(16(23)20-17)11-13-7-5-12(10-18)6-8-13/h2-9H,11H2,1H3,(H,20,23). The van der Waals surface area contributed by atoms with Crippen LogP contribution in [0.4, 0.5) is 4.79 Å². The molecule has 0 spiro atoms. The molecule has 1 fully saturated rings. The third kappa shape index (κ3) is 2.53. The first-order valence-corrected chi connectivity index (χ1v) is 7.09. The Balaban J connectivity index is 1.85. The molecule has 6 nitrogen and oxygen atoms in total. The summed E-state index contributed by atoms with van der Waals surface area (Å²) in [6, 6.07) is 13.6. The van der Waals surface area contributed by atoms with E-state index in [1.807, 2.05) is 6.07 Å². The second-order valence-electron chi connectivity index (χ2n) is 5.47. The number of benzene rings is 1. The fourth-order valence-corrected chi connectivity index (χ4v) is 2.54. The monoisotopic (exact) mass is 306 g/mol. The van der Waals surface area contributed by atoms with E-state index in [1.54, 1.807) is 55.6 Å². The molecule has 0 radical (unpaired) electrons. The molecule has 6 heteroatoms. The first kappa shape index (κ1) is 14.7. The number of aromatic nitrogens is 1. The van der Waals surface area contributed by atoms with Crippen LogP contribution in [0.2, 0.25) is 0 Å². The largest absolute Gasteiger partial charge is 0.325 e. The summed E-state index contributed by atoms with van der Waals surface area (Å²) in [4.78, 5) is 30.3. The fraction of sp³-hybridized carbons (Fsp3) is 0.176. The number of nitriles is 1. The van der Waals surface area contributed by atoms with E-state index in [0.717, 1.165) is 10.5 Å². The molecule has 1 aliphatic heterocycles. The number of pyridine rings is 1. The molecule has 1 unspecified atom stereocenters. The normalized spacial score (nSPS) is 20.3. The van der Waals surface area contributed by atoms with Gasteiger partial charge in [0.2, 0.25) is 0 Å². The minimum absolute atomic E-state index is 0.152. The van der Waals surface area contributed by atoms with E-state index in [4.69, 9.17) is 5.26 Å². The maximum absolute atomic E-state index is 12.7. The van der Waals surface area contributed by atoms with E-state index in [9.17, 15) is 9.59 Å². The van der Waals surface area contributed by atoms with E-state index < -0.39 is 11.6 Å². The molecule has 1 N–H and O–H groups in total. The van der Waals surface area contributed by atoms with Crippen LogP contribution < -0.4 is 5.32 Å². The van der Waals surface area contributed by atoms with Crippen LogP contribution in [0.25, 0.3) is 0 Å². The van der Waals surface area contributed by atoms with Gasteiger partial charge in [-0.1, -0.05) is 18.2 Å². The molecule has 3 amide bonds. The van der Waals surface area contributed by atoms with Crippen molar-refractivity contribution in [3.8, 4) is 6.07 Å². The number of imide groups is 1. The summed E-state index contributed by atoms with van der Waals surface area (Å²) >= 11 is 0. The molecular formula is C17H14N4O2. The number of urea groups is 1. The summed E-state index contributed by atoms with van der Waals surface area (Å²) in [5.41, 5.74) is 0.646. The maximum Gasteiger partial charge on any atom is 0.325 e. The van der Waals surface area contributed by atoms with Gasteiger partial charge >= 0.3 is 6.03 Å². The van der Waals surface area contributed by atoms with Gasteiger partial charge < -0.3 is 5.32 Å². The molecule has 2 aromatic rings. The number of nitrogens with one attached hydrogen (secondary N) is 1. The van der Waals surface area contributed by atoms with E-state index in [-0.39, 0.29) is 12.5 Å². The van der Waals surface area contributed by atoms with Gasteiger partial charge in [-0.05, 0) is 36.8 Å². The topological polar surface area (TPSA) is 86.1 Å². The molecule has 114 valence electrons. The highest BCUT2D eigenvalue weighted by Crippen LogP contribution is 2.28. The number of carbonyl (C=O) groups excluding carboxylic acids is 2. The van der Waals surface area contributed by atoms with Gasteiger partial charge in [0, 0.05) is 6.20 Å². The summed E-state index contributed by atoms with van der Waals surface area (Å²) in [5.74, 6) is -0.342. The van der Waals surface area contributed by atoms with Gasteiger partial charge in [-0.2, -0.15) is 5.26 Å². The highest BCUT2D eigenvalue weighted by atomic mass is 16.2. The van der Waals surface area contributed by atoms with Gasteiger partial charge in [0.1, 0.15) is 0 Å². The van der Waals surface area contributed by atoms with Crippen molar-refractivity contribution in [2.45, 2.75) is 19.0 Å². The minimum atomic E-state index is -1.16. The highest BCUT2D eigenvalue weighted by molar-refractivity contribution is 6.06. The van der Waals surface area contributed by atoms with Crippen molar-refractivity contribution in [2.24, 2.45) is 0 Å². The van der Waals surface area contributed by atoms with Crippen molar-refractivity contribution < 1.29 is 9.59 Å². The lowest BCUT2D eigenvalue weighted by atomic mass is 9.97. The first-order chi connectivity index (χ1) is 11.0. The highest BCUT2D eigenvalue weighted by Gasteiger charge is 2.49. The summed E-state index contributed by atoms with van der Waals surface area (Å²) in [5, 5.41) is 11.5. The van der Waals surface area contributed by atoms with E-state index in [0.29, 0.717) is 11.3 Å². The van der Waals surface area contributed by atoms with Crippen LogP contribution in [0.3, 0.4) is 0 Å². The molecule has 2 heterocycles. The molecule has 1 aliphatic rings. The Morgan fingerprint density at radius 2 is 1.96 bits per heavy atom. The fourth-order valence-electron chi connectivity index (χ4n) is 2.54. The van der Waals surface area contributed by atoms with Gasteiger partial charge in [-0.15, -0.1) is 0 Å². The number of amides is 3. The predicted octanol–water partition coefficient (Wildman–Crippen LogP) is 1.92. The lowest BCUT2D eigenvalue weighted by molar-refractivity contribution is -0.131. The van der Waals surface area contributed by atoms with Crippen molar-refractivity contribution in [2.75, 3.05) is 0 Å². The molecule has 0 aliphatic carbocycles. The second kappa shape index (κ2) is 5.54. The minimum Gasteiger partial charge on any atom is -0.318 e. The Hall–Kier alpha value is -3.20. The smallest absolute Gasteiger partial charge is 0.318 e. The number of nitrogens with zero attached hydrogens (tertiary/aromatic N) is 3. The lowest BCUT2D eigenvalue weighted by Gasteiger charge is -2.20. The zero-order chi connectivity index (χ0) is 16.4. The van der Waals surface area contributed by atoms with Crippen LogP contribution in [-0.4, -0.2) is 21.8 Å². The molecule has 3 rings (SSSR count). The average molecular weight is 306 g/mol. The van der Waals surface area contributed by atoms with Crippen molar-refractivity contribution in [1.29, 1.82) is 5.26 Å². The summed E-state index contributed by atoms with van der Waals surface area (Å²) in [7, 11) is 0. The SMILES string of the molecule is CC1(c2ccccn2)NC(=O)N(Cc2ccc(C#N)cc2)C1=O. The Morgan fingerprint density at radius 3 is 2.57 bits per heavy atom. The zero-order valence-electron chi connectivity index (χ0n) is 12.5. The maximum atomic E-state index is 12.7. The quantitative estimate of drug-likeness (QED) is 0.878. The van der Waals surface area contributed by atoms with E-state index >= 15 is 0 Å². The molecule has 1 aromatic heterocycles. The van der Waals surface area contributed by atoms with Crippen LogP contribution in [0.1, 0.15) is 23.7 Å². The van der Waals surface area contributed by atoms with Gasteiger partial charge in [-0.25, -0.2) is 4.79 Å². The number of hydrogen-bond donors (Lipinski definition) is 1. The Morgan fingerprint density at radius 1 is 1.22 bits per heavy atom. The molecule has 0 saturated carbocycles. The number of carbonyl (C=O) groups is 2. The Kier molecular flexibility index (Phi) is 3.54. The molecular weight excluding hydrogens is 292 g/mol. The van der Waals surface area contributed by atoms with Gasteiger partial charge in [0.25, 0.3) is 5.91 Å². The third-order valence-corrected chi connectivity index (χ3v) is 3.88. The van der Waals surface area contributed by atoms with Gasteiger partial charge in [0.15, 0.2) is 5.54 Å². The van der Waals surface area contributed by atoms with Crippen molar-refractivity contribution in [1.82, 2.24) is 15.2 Å². The molecule has 23 heavy (non-hydrogen) atoms. The third-order valence-electron chi connectivity index (χ3n) is 3.88. The van der Waals surface area contributed by atoms with Crippen molar-refractivity contribution >= 4 is 11.9 Å². The zero-order valence-corrected chi connectivity index (χ0v) is 12.5. The first-order valence-electron chi connectivity index (χ1n) is 7.09. The molecule has 1 aromatic carbocycles. The van der Waals surface area contributed by atoms with Crippen LogP contribution >= 0.6 is 0 Å². The Bertz CT molecular complexity index is 796. The summed E-state index contributed by atoms with van der Waals surface area (Å²) in [6.07, 6.45) is 1.59. The van der Waals surface area contributed by atoms with Crippen LogP contribution in [-0.2, 0) is 16.9 Å². The summed E-state index contributed by atoms with van der Waals surface area (Å²) < 4.78 is 0. The van der Waals surface area contributed by atoms with Crippen LogP contribution in [0, 0.1) is 11.3 Å². The van der Waals surface area contributed by atoms with Crippen molar-refractivity contribution in [3.63, 3.8) is 0 Å². The summed E-state index contributed by atoms with van der Waals surface area (Å²) in [6.45, 7) is 1.80. The lowest BCUT2D eigenvalue weighted by Crippen LogP contribution is -2.41. The van der Waals surface area contributed by atoms with Gasteiger partial charge in [-0.3, -0.25) is 14.7 Å². The van der Waals surface area contributed by atoms with E-state index in [1.165, 1.54) is 0 Å². The molecule has 1 atom stereocenters. The Labute approximate surface area is 133 Å². The second-order valence-corrected chi connectivity index (χ2v) is 5.47. The average Bonchev–Trinajstić information content (AvgIpc) is 2.81. The number of hydrogen-bond acceptors (Lipinski definition) is 4. The van der Waals surface area contributed by atoms with Gasteiger partial charge in [0.05, 0.1) is 23.9 Å². The van der Waals surface area contributed by atoms with Crippen molar-refractivity contribution in [3.05, 3.63) is 65.5 Å². The van der Waals surface area contributed by atoms with Crippen LogP contribution in [0.5, 0.6) is 0 Å². The molecule has 0 bridgehead atoms.